The van der Waals surface area contributed by atoms with E-state index in [-0.39, 0.29) is 11.0 Å². The molecule has 0 radical (unpaired) electrons. The van der Waals surface area contributed by atoms with Gasteiger partial charge in [0.05, 0.1) is 5.60 Å². The Balaban J connectivity index is 4.35. The van der Waals surface area contributed by atoms with Gasteiger partial charge in [0, 0.05) is 19.1 Å². The summed E-state index contributed by atoms with van der Waals surface area (Å²) in [5.41, 5.74) is -1.09. The van der Waals surface area contributed by atoms with E-state index in [1.54, 1.807) is 21.0 Å². The van der Waals surface area contributed by atoms with Crippen LogP contribution >= 0.6 is 0 Å². The van der Waals surface area contributed by atoms with Crippen molar-refractivity contribution in [2.45, 2.75) is 52.9 Å². The minimum Gasteiger partial charge on any atom is -0.378 e. The Morgan fingerprint density at radius 1 is 1.07 bits per heavy atom. The fourth-order valence-corrected chi connectivity index (χ4v) is 0.926. The fraction of sp³-hybridized carbons (Fsp3) is 1.00. The number of rotatable bonds is 5. The molecule has 0 aliphatic carbocycles. The molecule has 0 saturated carbocycles. The van der Waals surface area contributed by atoms with Crippen molar-refractivity contribution in [1.29, 1.82) is 0 Å². The van der Waals surface area contributed by atoms with E-state index in [1.165, 1.54) is 0 Å². The second-order valence-electron chi connectivity index (χ2n) is 5.51. The summed E-state index contributed by atoms with van der Waals surface area (Å²) in [6.07, 6.45) is 0. The highest BCUT2D eigenvalue weighted by molar-refractivity contribution is 4.89. The lowest BCUT2D eigenvalue weighted by atomic mass is 9.77. The van der Waals surface area contributed by atoms with E-state index in [1.807, 2.05) is 0 Å². The lowest BCUT2D eigenvalue weighted by Crippen LogP contribution is -2.52. The van der Waals surface area contributed by atoms with Crippen LogP contribution in [-0.4, -0.2) is 30.1 Å². The van der Waals surface area contributed by atoms with Gasteiger partial charge in [-0.15, -0.1) is 0 Å². The van der Waals surface area contributed by atoms with Crippen molar-refractivity contribution >= 4 is 0 Å². The SMILES string of the molecule is COC(C)(C)C(C)(C)CNC(C)(C)O. The van der Waals surface area contributed by atoms with Gasteiger partial charge < -0.3 is 9.84 Å². The first-order chi connectivity index (χ1) is 6.02. The molecule has 0 aliphatic rings. The third kappa shape index (κ3) is 3.95. The summed E-state index contributed by atoms with van der Waals surface area (Å²) in [5, 5.41) is 12.6. The van der Waals surface area contributed by atoms with Gasteiger partial charge in [-0.25, -0.2) is 0 Å². The highest BCUT2D eigenvalue weighted by atomic mass is 16.5. The van der Waals surface area contributed by atoms with Crippen LogP contribution in [-0.2, 0) is 4.74 Å². The maximum Gasteiger partial charge on any atom is 0.110 e. The van der Waals surface area contributed by atoms with Crippen LogP contribution in [0.15, 0.2) is 0 Å². The molecule has 0 bridgehead atoms. The third-order valence-electron chi connectivity index (χ3n) is 3.10. The molecule has 0 aromatic heterocycles. The maximum absolute atomic E-state index is 9.57. The molecule has 14 heavy (non-hydrogen) atoms. The molecular weight excluding hydrogens is 178 g/mol. The average molecular weight is 203 g/mol. The number of hydrogen-bond acceptors (Lipinski definition) is 3. The fourth-order valence-electron chi connectivity index (χ4n) is 0.926. The van der Waals surface area contributed by atoms with Crippen molar-refractivity contribution in [1.82, 2.24) is 5.32 Å². The molecule has 0 saturated heterocycles. The Hall–Kier alpha value is -0.120. The van der Waals surface area contributed by atoms with Gasteiger partial charge in [0.1, 0.15) is 5.72 Å². The van der Waals surface area contributed by atoms with E-state index in [4.69, 9.17) is 4.74 Å². The molecule has 86 valence electrons. The number of aliphatic hydroxyl groups is 1. The van der Waals surface area contributed by atoms with Crippen LogP contribution in [0.25, 0.3) is 0 Å². The van der Waals surface area contributed by atoms with E-state index in [2.05, 4.69) is 33.0 Å². The van der Waals surface area contributed by atoms with Gasteiger partial charge in [0.25, 0.3) is 0 Å². The van der Waals surface area contributed by atoms with E-state index in [9.17, 15) is 5.11 Å². The molecule has 0 aliphatic heterocycles. The molecule has 3 nitrogen and oxygen atoms in total. The Labute approximate surface area is 87.8 Å². The lowest BCUT2D eigenvalue weighted by Gasteiger charge is -2.42. The first-order valence-corrected chi connectivity index (χ1v) is 5.04. The summed E-state index contributed by atoms with van der Waals surface area (Å²) in [4.78, 5) is 0. The molecule has 2 N–H and O–H groups in total. The van der Waals surface area contributed by atoms with Crippen molar-refractivity contribution in [3.8, 4) is 0 Å². The molecule has 0 amide bonds. The summed E-state index contributed by atoms with van der Waals surface area (Å²) in [6.45, 7) is 12.5. The van der Waals surface area contributed by atoms with Gasteiger partial charge in [-0.2, -0.15) is 0 Å². The Morgan fingerprint density at radius 2 is 1.50 bits per heavy atom. The van der Waals surface area contributed by atoms with Crippen LogP contribution < -0.4 is 5.32 Å². The van der Waals surface area contributed by atoms with E-state index >= 15 is 0 Å². The zero-order chi connectivity index (χ0) is 11.6. The molecular formula is C11H25NO2. The van der Waals surface area contributed by atoms with Gasteiger partial charge >= 0.3 is 0 Å². The largest absolute Gasteiger partial charge is 0.378 e. The summed E-state index contributed by atoms with van der Waals surface area (Å²) in [6, 6.07) is 0. The monoisotopic (exact) mass is 203 g/mol. The van der Waals surface area contributed by atoms with E-state index in [0.29, 0.717) is 6.54 Å². The van der Waals surface area contributed by atoms with Crippen LogP contribution in [0.1, 0.15) is 41.5 Å². The second kappa shape index (κ2) is 4.17. The number of hydrogen-bond donors (Lipinski definition) is 2. The first kappa shape index (κ1) is 13.9. The van der Waals surface area contributed by atoms with Gasteiger partial charge in [-0.1, -0.05) is 13.8 Å². The highest BCUT2D eigenvalue weighted by Gasteiger charge is 2.37. The quantitative estimate of drug-likeness (QED) is 0.669. The Kier molecular flexibility index (Phi) is 4.13. The smallest absolute Gasteiger partial charge is 0.110 e. The zero-order valence-corrected chi connectivity index (χ0v) is 10.6. The molecule has 0 atom stereocenters. The summed E-state index contributed by atoms with van der Waals surface area (Å²) < 4.78 is 5.45. The summed E-state index contributed by atoms with van der Waals surface area (Å²) in [5.74, 6) is 0. The molecule has 0 spiro atoms. The van der Waals surface area contributed by atoms with Crippen molar-refractivity contribution in [2.75, 3.05) is 13.7 Å². The van der Waals surface area contributed by atoms with Crippen LogP contribution in [0, 0.1) is 5.41 Å². The molecule has 3 heteroatoms. The van der Waals surface area contributed by atoms with Gasteiger partial charge in [-0.3, -0.25) is 5.32 Å². The average Bonchev–Trinajstić information content (AvgIpc) is 1.99. The van der Waals surface area contributed by atoms with E-state index < -0.39 is 5.72 Å². The molecule has 0 rings (SSSR count). The summed E-state index contributed by atoms with van der Waals surface area (Å²) >= 11 is 0. The van der Waals surface area contributed by atoms with Crippen LogP contribution in [0.3, 0.4) is 0 Å². The molecule has 0 heterocycles. The highest BCUT2D eigenvalue weighted by Crippen LogP contribution is 2.32. The minimum atomic E-state index is -0.832. The Bertz CT molecular complexity index is 180. The van der Waals surface area contributed by atoms with Crippen LogP contribution in [0.2, 0.25) is 0 Å². The van der Waals surface area contributed by atoms with E-state index in [0.717, 1.165) is 0 Å². The van der Waals surface area contributed by atoms with Crippen molar-refractivity contribution < 1.29 is 9.84 Å². The van der Waals surface area contributed by atoms with Crippen molar-refractivity contribution in [2.24, 2.45) is 5.41 Å². The van der Waals surface area contributed by atoms with Crippen molar-refractivity contribution in [3.05, 3.63) is 0 Å². The van der Waals surface area contributed by atoms with Gasteiger partial charge in [0.2, 0.25) is 0 Å². The third-order valence-corrected chi connectivity index (χ3v) is 3.10. The molecule has 0 aromatic carbocycles. The topological polar surface area (TPSA) is 41.5 Å². The maximum atomic E-state index is 9.57. The van der Waals surface area contributed by atoms with Gasteiger partial charge in [0.15, 0.2) is 0 Å². The van der Waals surface area contributed by atoms with Crippen LogP contribution in [0.5, 0.6) is 0 Å². The van der Waals surface area contributed by atoms with Crippen molar-refractivity contribution in [3.63, 3.8) is 0 Å². The van der Waals surface area contributed by atoms with Gasteiger partial charge in [-0.05, 0) is 27.7 Å². The molecule has 0 aromatic rings. The number of ether oxygens (including phenoxy) is 1. The predicted molar refractivity (Wildman–Crippen MR) is 59.2 cm³/mol. The molecule has 0 fully saturated rings. The number of methoxy groups -OCH3 is 1. The Morgan fingerprint density at radius 3 is 1.79 bits per heavy atom. The van der Waals surface area contributed by atoms with Crippen LogP contribution in [0.4, 0.5) is 0 Å². The summed E-state index contributed by atoms with van der Waals surface area (Å²) in [7, 11) is 1.71. The minimum absolute atomic E-state index is 0.0399. The second-order valence-corrected chi connectivity index (χ2v) is 5.51. The lowest BCUT2D eigenvalue weighted by molar-refractivity contribution is -0.0797. The molecule has 0 unspecified atom stereocenters. The normalized spacial score (nSPS) is 14.6. The first-order valence-electron chi connectivity index (χ1n) is 5.04. The number of nitrogens with one attached hydrogen (secondary N) is 1. The predicted octanol–water partition coefficient (Wildman–Crippen LogP) is 1.76. The zero-order valence-electron chi connectivity index (χ0n) is 10.6. The standard InChI is InChI=1S/C11H25NO2/c1-9(2,10(3,4)14-7)8-12-11(5,6)13/h12-13H,8H2,1-7H3.